The Morgan fingerprint density at radius 1 is 0.681 bits per heavy atom. The Hall–Kier alpha value is -0.750. The number of aliphatic hydroxyl groups is 2. The largest absolute Gasteiger partial charge is 0.396 e. The summed E-state index contributed by atoms with van der Waals surface area (Å²) in [6, 6.07) is 0. The molecule has 0 heterocycles. The number of ether oxygens (including phenoxy) is 4. The van der Waals surface area contributed by atoms with Gasteiger partial charge in [-0.25, -0.2) is 0 Å². The first kappa shape index (κ1) is 50.6. The third-order valence-corrected chi connectivity index (χ3v) is 6.71. The number of hydrogen-bond acceptors (Lipinski definition) is 10. The van der Waals surface area contributed by atoms with Crippen molar-refractivity contribution in [1.29, 1.82) is 0 Å². The van der Waals surface area contributed by atoms with E-state index in [-0.39, 0.29) is 23.4 Å². The van der Waals surface area contributed by atoms with Gasteiger partial charge in [-0.15, -0.1) is 12.6 Å². The van der Waals surface area contributed by atoms with Crippen LogP contribution < -0.4 is 5.84 Å². The molecule has 4 N–H and O–H groups in total. The number of nitrogens with zero attached hydrogens (tertiary/aromatic N) is 2. The van der Waals surface area contributed by atoms with Gasteiger partial charge in [0.05, 0.1) is 42.2 Å². The van der Waals surface area contributed by atoms with E-state index in [0.717, 1.165) is 45.3 Å². The van der Waals surface area contributed by atoms with Crippen molar-refractivity contribution < 1.29 is 29.2 Å². The summed E-state index contributed by atoms with van der Waals surface area (Å²) >= 11 is 3.68. The Morgan fingerprint density at radius 2 is 1.09 bits per heavy atom. The molecule has 47 heavy (non-hydrogen) atoms. The zero-order valence-corrected chi connectivity index (χ0v) is 34.4. The zero-order chi connectivity index (χ0) is 37.5. The topological polar surface area (TPSA) is 128 Å². The van der Waals surface area contributed by atoms with Gasteiger partial charge in [0.25, 0.3) is 0 Å². The van der Waals surface area contributed by atoms with Gasteiger partial charge in [-0.05, 0) is 119 Å². The van der Waals surface area contributed by atoms with Crippen molar-refractivity contribution in [2.45, 2.75) is 170 Å². The summed E-state index contributed by atoms with van der Waals surface area (Å²) in [7, 11) is 0. The summed E-state index contributed by atoms with van der Waals surface area (Å²) in [6.07, 6.45) is 6.55. The predicted octanol–water partition coefficient (Wildman–Crippen LogP) is 8.09. The monoisotopic (exact) mass is 694 g/mol. The Balaban J connectivity index is -0.00000150. The van der Waals surface area contributed by atoms with Gasteiger partial charge in [-0.3, -0.25) is 4.99 Å². The van der Waals surface area contributed by atoms with Gasteiger partial charge in [0, 0.05) is 26.0 Å². The summed E-state index contributed by atoms with van der Waals surface area (Å²) in [5.41, 5.74) is -0.698. The fourth-order valence-corrected chi connectivity index (χ4v) is 3.35. The molecule has 0 saturated heterocycles. The third-order valence-electron chi connectivity index (χ3n) is 6.71. The number of nitrogens with two attached hydrogens (primary N) is 1. The van der Waals surface area contributed by atoms with E-state index in [4.69, 9.17) is 35.0 Å². The second-order valence-electron chi connectivity index (χ2n) is 16.7. The van der Waals surface area contributed by atoms with Gasteiger partial charge < -0.3 is 35.0 Å². The molecule has 0 unspecified atom stereocenters. The van der Waals surface area contributed by atoms with E-state index in [1.165, 1.54) is 0 Å². The standard InChI is InChI=1S/C29H59N3O4.C5H12O.C3H8OS/c1-23(2)13-17-33-26(5,6)15-16-27(7,8)36-22-29(11,12)35-20-25(32-30)19-31-21-28(9,10)34-18-14-24(3)4;1-5(2)3-4-6;1-3(2,4)5/h19,23-24H,13-18,20-22,30H2,1-12H3;5-6H,3-4H2,1-2H3;4-5H,1-2H3/b31-19?,32-25+;;. The van der Waals surface area contributed by atoms with Crippen molar-refractivity contribution in [1.82, 2.24) is 0 Å². The highest BCUT2D eigenvalue weighted by Gasteiger charge is 2.29. The molecule has 0 aromatic carbocycles. The first-order chi connectivity index (χ1) is 21.2. The predicted molar refractivity (Wildman–Crippen MR) is 205 cm³/mol. The lowest BCUT2D eigenvalue weighted by atomic mass is 9.93. The van der Waals surface area contributed by atoms with Crippen LogP contribution in [0, 0.1) is 17.8 Å². The average molecular weight is 694 g/mol. The molecule has 0 aromatic rings. The minimum absolute atomic E-state index is 0.165. The zero-order valence-electron chi connectivity index (χ0n) is 33.5. The smallest absolute Gasteiger partial charge is 0.104 e. The van der Waals surface area contributed by atoms with Gasteiger partial charge in [-0.2, -0.15) is 5.10 Å². The average Bonchev–Trinajstić information content (AvgIpc) is 2.87. The highest BCUT2D eigenvalue weighted by molar-refractivity contribution is 7.81. The fourth-order valence-electron chi connectivity index (χ4n) is 3.35. The summed E-state index contributed by atoms with van der Waals surface area (Å²) in [5.74, 6) is 7.50. The van der Waals surface area contributed by atoms with E-state index in [2.05, 4.69) is 92.0 Å². The number of thiol groups is 1. The lowest BCUT2D eigenvalue weighted by molar-refractivity contribution is -0.122. The van der Waals surface area contributed by atoms with Gasteiger partial charge in [-0.1, -0.05) is 41.5 Å². The number of aliphatic hydroxyl groups excluding tert-OH is 1. The molecule has 0 aliphatic heterocycles. The van der Waals surface area contributed by atoms with Crippen molar-refractivity contribution in [3.05, 3.63) is 0 Å². The lowest BCUT2D eigenvalue weighted by Crippen LogP contribution is -2.39. The van der Waals surface area contributed by atoms with Crippen molar-refractivity contribution in [2.75, 3.05) is 39.6 Å². The molecule has 284 valence electrons. The van der Waals surface area contributed by atoms with Gasteiger partial charge in [0.1, 0.15) is 10.6 Å². The van der Waals surface area contributed by atoms with Crippen molar-refractivity contribution >= 4 is 24.6 Å². The van der Waals surface area contributed by atoms with Crippen LogP contribution in [-0.4, -0.2) is 89.1 Å². The second-order valence-corrected chi connectivity index (χ2v) is 17.8. The van der Waals surface area contributed by atoms with Gasteiger partial charge in [0.15, 0.2) is 0 Å². The van der Waals surface area contributed by atoms with Crippen LogP contribution in [0.25, 0.3) is 0 Å². The molecule has 0 saturated carbocycles. The maximum absolute atomic E-state index is 8.39. The van der Waals surface area contributed by atoms with E-state index < -0.39 is 10.5 Å². The Kier molecular flexibility index (Phi) is 27.2. The fraction of sp³-hybridized carbons (Fsp3) is 0.946. The minimum atomic E-state index is -0.806. The molecule has 0 amide bonds. The van der Waals surface area contributed by atoms with E-state index in [9.17, 15) is 0 Å². The molecule has 10 heteroatoms. The molecule has 0 rings (SSSR count). The molecular weight excluding hydrogens is 614 g/mol. The van der Waals surface area contributed by atoms with Crippen molar-refractivity contribution in [3.63, 3.8) is 0 Å². The molecule has 9 nitrogen and oxygen atoms in total. The van der Waals surface area contributed by atoms with Crippen LogP contribution in [0.5, 0.6) is 0 Å². The van der Waals surface area contributed by atoms with E-state index in [1.807, 2.05) is 27.7 Å². The molecule has 0 radical (unpaired) electrons. The van der Waals surface area contributed by atoms with E-state index >= 15 is 0 Å². The first-order valence-corrected chi connectivity index (χ1v) is 18.0. The Bertz CT molecular complexity index is 813. The molecule has 0 aliphatic carbocycles. The van der Waals surface area contributed by atoms with Crippen LogP contribution in [0.4, 0.5) is 0 Å². The summed E-state index contributed by atoms with van der Waals surface area (Å²) in [4.78, 5) is 3.69. The highest BCUT2D eigenvalue weighted by atomic mass is 32.1. The summed E-state index contributed by atoms with van der Waals surface area (Å²) in [5, 5.41) is 20.5. The summed E-state index contributed by atoms with van der Waals surface area (Å²) < 4.78 is 24.4. The van der Waals surface area contributed by atoms with Crippen LogP contribution in [0.2, 0.25) is 0 Å². The molecular formula is C37H79N3O6S. The number of hydrogen-bond donors (Lipinski definition) is 4. The van der Waals surface area contributed by atoms with Crippen LogP contribution >= 0.6 is 12.6 Å². The molecule has 0 bridgehead atoms. The molecule has 0 atom stereocenters. The number of aliphatic imine (C=N–C) groups is 1. The Labute approximate surface area is 296 Å². The second kappa shape index (κ2) is 25.2. The lowest BCUT2D eigenvalue weighted by Gasteiger charge is -2.34. The van der Waals surface area contributed by atoms with Crippen LogP contribution in [0.1, 0.15) is 143 Å². The quantitative estimate of drug-likeness (QED) is 0.0297. The highest BCUT2D eigenvalue weighted by Crippen LogP contribution is 2.27. The Morgan fingerprint density at radius 3 is 1.45 bits per heavy atom. The van der Waals surface area contributed by atoms with E-state index in [0.29, 0.717) is 43.2 Å². The normalized spacial score (nSPS) is 13.7. The van der Waals surface area contributed by atoms with Crippen molar-refractivity contribution in [2.24, 2.45) is 33.7 Å². The SMILES string of the molecule is CC(C)(O)S.CC(C)CCO.CC(C)CCOC(C)(C)CCC(C)(C)OCC(C)(C)OC/C(C=NCC(C)(C)OCCC(C)C)=N/N. The molecule has 0 spiro atoms. The maximum Gasteiger partial charge on any atom is 0.104 e. The molecule has 0 aliphatic rings. The minimum Gasteiger partial charge on any atom is -0.396 e. The maximum atomic E-state index is 8.39. The third kappa shape index (κ3) is 41.3. The van der Waals surface area contributed by atoms with Crippen LogP contribution in [0.15, 0.2) is 10.1 Å². The number of hydrazone groups is 1. The van der Waals surface area contributed by atoms with Crippen molar-refractivity contribution in [3.8, 4) is 0 Å². The first-order valence-electron chi connectivity index (χ1n) is 17.5. The summed E-state index contributed by atoms with van der Waals surface area (Å²) in [6.45, 7) is 36.0. The molecule has 0 aromatic heterocycles. The van der Waals surface area contributed by atoms with Crippen LogP contribution in [-0.2, 0) is 18.9 Å². The van der Waals surface area contributed by atoms with E-state index in [1.54, 1.807) is 20.1 Å². The van der Waals surface area contributed by atoms with Gasteiger partial charge in [0.2, 0.25) is 0 Å². The van der Waals surface area contributed by atoms with Crippen LogP contribution in [0.3, 0.4) is 0 Å². The molecule has 0 fully saturated rings. The number of rotatable bonds is 22. The van der Waals surface area contributed by atoms with Gasteiger partial charge >= 0.3 is 0 Å².